The number of carboxylic acids is 1. The van der Waals surface area contributed by atoms with Crippen LogP contribution in [0.5, 0.6) is 0 Å². The lowest BCUT2D eigenvalue weighted by molar-refractivity contribution is -0.141. The number of hydrogen-bond donors (Lipinski definition) is 2. The molecule has 0 aliphatic heterocycles. The molecule has 0 heterocycles. The molecule has 5 nitrogen and oxygen atoms in total. The van der Waals surface area contributed by atoms with Crippen LogP contribution in [0.15, 0.2) is 0 Å². The standard InChI is InChI=1S/C12H22N2O3/c1-8(2)7-14(3)12(17)13-10-5-4-9(6-10)11(15)16/h8-10H,4-7H2,1-3H3,(H,13,17)(H,15,16). The molecule has 1 fully saturated rings. The highest BCUT2D eigenvalue weighted by atomic mass is 16.4. The molecule has 2 amide bonds. The van der Waals surface area contributed by atoms with Gasteiger partial charge in [0.2, 0.25) is 0 Å². The molecular weight excluding hydrogens is 220 g/mol. The van der Waals surface area contributed by atoms with E-state index in [-0.39, 0.29) is 18.0 Å². The van der Waals surface area contributed by atoms with Crippen molar-refractivity contribution in [1.29, 1.82) is 0 Å². The summed E-state index contributed by atoms with van der Waals surface area (Å²) in [6, 6.07) is -0.0899. The fourth-order valence-electron chi connectivity index (χ4n) is 2.25. The largest absolute Gasteiger partial charge is 0.481 e. The Hall–Kier alpha value is -1.26. The van der Waals surface area contributed by atoms with Crippen LogP contribution >= 0.6 is 0 Å². The molecule has 0 spiro atoms. The number of aliphatic carboxylic acids is 1. The van der Waals surface area contributed by atoms with E-state index in [1.54, 1.807) is 11.9 Å². The van der Waals surface area contributed by atoms with Crippen LogP contribution in [-0.4, -0.2) is 41.6 Å². The smallest absolute Gasteiger partial charge is 0.317 e. The van der Waals surface area contributed by atoms with Crippen LogP contribution in [0.25, 0.3) is 0 Å². The lowest BCUT2D eigenvalue weighted by Crippen LogP contribution is -2.43. The van der Waals surface area contributed by atoms with Gasteiger partial charge in [-0.05, 0) is 25.2 Å². The van der Waals surface area contributed by atoms with Crippen LogP contribution < -0.4 is 5.32 Å². The Labute approximate surface area is 102 Å². The number of urea groups is 1. The first-order valence-electron chi connectivity index (χ1n) is 6.14. The minimum absolute atomic E-state index is 0.0122. The minimum atomic E-state index is -0.753. The number of nitrogens with one attached hydrogen (secondary N) is 1. The molecule has 0 bridgehead atoms. The second kappa shape index (κ2) is 5.89. The summed E-state index contributed by atoms with van der Waals surface area (Å²) in [7, 11) is 1.76. The van der Waals surface area contributed by atoms with E-state index < -0.39 is 5.97 Å². The summed E-state index contributed by atoms with van der Waals surface area (Å²) in [5, 5.41) is 11.8. The van der Waals surface area contributed by atoms with Crippen LogP contribution in [0.1, 0.15) is 33.1 Å². The number of carbonyl (C=O) groups is 2. The van der Waals surface area contributed by atoms with Crippen LogP contribution in [0.4, 0.5) is 4.79 Å². The average molecular weight is 242 g/mol. The molecule has 5 heteroatoms. The molecule has 0 aromatic carbocycles. The Kier molecular flexibility index (Phi) is 4.78. The third-order valence-corrected chi connectivity index (χ3v) is 3.10. The molecule has 98 valence electrons. The van der Waals surface area contributed by atoms with Crippen molar-refractivity contribution in [1.82, 2.24) is 10.2 Å². The Morgan fingerprint density at radius 1 is 1.41 bits per heavy atom. The molecule has 2 unspecified atom stereocenters. The highest BCUT2D eigenvalue weighted by molar-refractivity contribution is 5.75. The second-order valence-corrected chi connectivity index (χ2v) is 5.27. The van der Waals surface area contributed by atoms with Crippen molar-refractivity contribution >= 4 is 12.0 Å². The molecule has 0 aromatic rings. The zero-order valence-electron chi connectivity index (χ0n) is 10.8. The topological polar surface area (TPSA) is 69.6 Å². The fraction of sp³-hybridized carbons (Fsp3) is 0.833. The van der Waals surface area contributed by atoms with Gasteiger partial charge in [-0.25, -0.2) is 4.79 Å². The van der Waals surface area contributed by atoms with Gasteiger partial charge in [0.05, 0.1) is 5.92 Å². The van der Waals surface area contributed by atoms with Crippen molar-refractivity contribution in [2.75, 3.05) is 13.6 Å². The van der Waals surface area contributed by atoms with E-state index in [2.05, 4.69) is 19.2 Å². The van der Waals surface area contributed by atoms with Gasteiger partial charge in [0.1, 0.15) is 0 Å². The van der Waals surface area contributed by atoms with E-state index in [4.69, 9.17) is 5.11 Å². The number of rotatable bonds is 4. The van der Waals surface area contributed by atoms with Gasteiger partial charge in [-0.15, -0.1) is 0 Å². The van der Waals surface area contributed by atoms with Gasteiger partial charge in [0, 0.05) is 19.6 Å². The van der Waals surface area contributed by atoms with Crippen molar-refractivity contribution in [3.05, 3.63) is 0 Å². The zero-order valence-corrected chi connectivity index (χ0v) is 10.8. The van der Waals surface area contributed by atoms with Gasteiger partial charge in [-0.3, -0.25) is 4.79 Å². The van der Waals surface area contributed by atoms with Crippen LogP contribution in [0, 0.1) is 11.8 Å². The predicted octanol–water partition coefficient (Wildman–Crippen LogP) is 1.54. The van der Waals surface area contributed by atoms with E-state index in [9.17, 15) is 9.59 Å². The first-order chi connectivity index (χ1) is 7.90. The quantitative estimate of drug-likeness (QED) is 0.785. The highest BCUT2D eigenvalue weighted by Crippen LogP contribution is 2.25. The summed E-state index contributed by atoms with van der Waals surface area (Å²) in [6.07, 6.45) is 1.98. The average Bonchev–Trinajstić information content (AvgIpc) is 2.65. The van der Waals surface area contributed by atoms with Crippen molar-refractivity contribution in [3.63, 3.8) is 0 Å². The van der Waals surface area contributed by atoms with Gasteiger partial charge in [0.25, 0.3) is 0 Å². The molecule has 1 aliphatic rings. The summed E-state index contributed by atoms with van der Waals surface area (Å²) in [6.45, 7) is 4.82. The summed E-state index contributed by atoms with van der Waals surface area (Å²) in [5.41, 5.74) is 0. The molecular formula is C12H22N2O3. The number of amides is 2. The lowest BCUT2D eigenvalue weighted by Gasteiger charge is -2.22. The zero-order chi connectivity index (χ0) is 13.0. The normalized spacial score (nSPS) is 23.8. The van der Waals surface area contributed by atoms with E-state index in [1.807, 2.05) is 0 Å². The van der Waals surface area contributed by atoms with Gasteiger partial charge >= 0.3 is 12.0 Å². The minimum Gasteiger partial charge on any atom is -0.481 e. The monoisotopic (exact) mass is 242 g/mol. The Morgan fingerprint density at radius 3 is 2.53 bits per heavy atom. The second-order valence-electron chi connectivity index (χ2n) is 5.27. The van der Waals surface area contributed by atoms with Crippen LogP contribution in [-0.2, 0) is 4.79 Å². The van der Waals surface area contributed by atoms with Crippen molar-refractivity contribution < 1.29 is 14.7 Å². The highest BCUT2D eigenvalue weighted by Gasteiger charge is 2.30. The van der Waals surface area contributed by atoms with E-state index in [0.29, 0.717) is 25.3 Å². The van der Waals surface area contributed by atoms with Crippen molar-refractivity contribution in [2.45, 2.75) is 39.2 Å². The summed E-state index contributed by atoms with van der Waals surface area (Å²) >= 11 is 0. The van der Waals surface area contributed by atoms with Crippen molar-refractivity contribution in [2.24, 2.45) is 11.8 Å². The summed E-state index contributed by atoms with van der Waals surface area (Å²) < 4.78 is 0. The maximum Gasteiger partial charge on any atom is 0.317 e. The first kappa shape index (κ1) is 13.8. The number of hydrogen-bond acceptors (Lipinski definition) is 2. The first-order valence-corrected chi connectivity index (χ1v) is 6.14. The molecule has 0 aromatic heterocycles. The molecule has 2 N–H and O–H groups in total. The number of nitrogens with zero attached hydrogens (tertiary/aromatic N) is 1. The van der Waals surface area contributed by atoms with Crippen molar-refractivity contribution in [3.8, 4) is 0 Å². The summed E-state index contributed by atoms with van der Waals surface area (Å²) in [4.78, 5) is 24.2. The third kappa shape index (κ3) is 4.24. The van der Waals surface area contributed by atoms with E-state index in [1.165, 1.54) is 0 Å². The Balaban J connectivity index is 2.35. The molecule has 1 rings (SSSR count). The third-order valence-electron chi connectivity index (χ3n) is 3.10. The Morgan fingerprint density at radius 2 is 2.06 bits per heavy atom. The fourth-order valence-corrected chi connectivity index (χ4v) is 2.25. The van der Waals surface area contributed by atoms with E-state index in [0.717, 1.165) is 6.42 Å². The predicted molar refractivity (Wildman–Crippen MR) is 64.8 cm³/mol. The van der Waals surface area contributed by atoms with Crippen LogP contribution in [0.3, 0.4) is 0 Å². The maximum atomic E-state index is 11.8. The molecule has 0 radical (unpaired) electrons. The Bertz CT molecular complexity index is 291. The van der Waals surface area contributed by atoms with Gasteiger partial charge in [-0.1, -0.05) is 13.8 Å². The van der Waals surface area contributed by atoms with Gasteiger partial charge in [-0.2, -0.15) is 0 Å². The molecule has 2 atom stereocenters. The molecule has 0 saturated heterocycles. The molecule has 1 aliphatic carbocycles. The van der Waals surface area contributed by atoms with Crippen LogP contribution in [0.2, 0.25) is 0 Å². The van der Waals surface area contributed by atoms with Gasteiger partial charge < -0.3 is 15.3 Å². The maximum absolute atomic E-state index is 11.8. The molecule has 17 heavy (non-hydrogen) atoms. The summed E-state index contributed by atoms with van der Waals surface area (Å²) in [5.74, 6) is -0.617. The molecule has 1 saturated carbocycles. The van der Waals surface area contributed by atoms with Gasteiger partial charge in [0.15, 0.2) is 0 Å². The number of carbonyl (C=O) groups excluding carboxylic acids is 1. The lowest BCUT2D eigenvalue weighted by atomic mass is 10.1. The SMILES string of the molecule is CC(C)CN(C)C(=O)NC1CCC(C(=O)O)C1. The van der Waals surface area contributed by atoms with E-state index >= 15 is 0 Å². The number of carboxylic acid groups (broad SMARTS) is 1.